The highest BCUT2D eigenvalue weighted by atomic mass is 19.4. The fourth-order valence-electron chi connectivity index (χ4n) is 3.65. The van der Waals surface area contributed by atoms with Crippen LogP contribution in [0.15, 0.2) is 41.5 Å². The van der Waals surface area contributed by atoms with Crippen molar-refractivity contribution >= 4 is 29.4 Å². The molecule has 0 radical (unpaired) electrons. The lowest BCUT2D eigenvalue weighted by Crippen LogP contribution is -2.42. The second-order valence-corrected chi connectivity index (χ2v) is 7.44. The van der Waals surface area contributed by atoms with E-state index in [2.05, 4.69) is 10.3 Å². The summed E-state index contributed by atoms with van der Waals surface area (Å²) in [6, 6.07) is 5.55. The number of halogens is 3. The Bertz CT molecular complexity index is 1100. The molecule has 31 heavy (non-hydrogen) atoms. The number of fused-ring (bicyclic) bond motifs is 1. The SMILES string of the molecule is C[C@H]1CN(c2ccc(C(F)(F)F)cc2)C(=O)c2c(C(=O)N=C3NC(=O)CN3C)ccn21. The molecule has 2 aliphatic rings. The van der Waals surface area contributed by atoms with Gasteiger partial charge in [-0.25, -0.2) is 0 Å². The van der Waals surface area contributed by atoms with Crippen molar-refractivity contribution in [3.63, 3.8) is 0 Å². The summed E-state index contributed by atoms with van der Waals surface area (Å²) < 4.78 is 40.2. The number of aliphatic imine (C=N–C) groups is 1. The van der Waals surface area contributed by atoms with Gasteiger partial charge < -0.3 is 14.4 Å². The molecule has 1 aromatic carbocycles. The third-order valence-corrected chi connectivity index (χ3v) is 5.22. The Morgan fingerprint density at radius 1 is 1.16 bits per heavy atom. The summed E-state index contributed by atoms with van der Waals surface area (Å²) >= 11 is 0. The van der Waals surface area contributed by atoms with E-state index < -0.39 is 23.6 Å². The lowest BCUT2D eigenvalue weighted by atomic mass is 10.1. The van der Waals surface area contributed by atoms with Gasteiger partial charge in [-0.3, -0.25) is 19.7 Å². The number of likely N-dealkylation sites (N-methyl/N-ethyl adjacent to an activating group) is 1. The van der Waals surface area contributed by atoms with Crippen molar-refractivity contribution in [3.05, 3.63) is 53.3 Å². The molecule has 0 spiro atoms. The van der Waals surface area contributed by atoms with Crippen molar-refractivity contribution in [2.75, 3.05) is 25.0 Å². The van der Waals surface area contributed by atoms with E-state index in [4.69, 9.17) is 0 Å². The third kappa shape index (κ3) is 3.66. The molecule has 0 saturated carbocycles. The number of anilines is 1. The molecule has 0 bridgehead atoms. The molecule has 2 aliphatic heterocycles. The number of alkyl halides is 3. The van der Waals surface area contributed by atoms with Gasteiger partial charge in [-0.15, -0.1) is 0 Å². The van der Waals surface area contributed by atoms with E-state index in [0.717, 1.165) is 12.1 Å². The molecule has 4 rings (SSSR count). The standard InChI is InChI=1S/C20H18F3N5O3/c1-11-9-28(13-5-3-12(4-6-13)20(21,22)23)18(31)16-14(7-8-27(11)16)17(30)25-19-24-15(29)10-26(19)2/h3-8,11H,9-10H2,1-2H3,(H,24,25,29,30)/t11-/m0/s1. The summed E-state index contributed by atoms with van der Waals surface area (Å²) in [5, 5.41) is 2.47. The Labute approximate surface area is 174 Å². The highest BCUT2D eigenvalue weighted by Gasteiger charge is 2.35. The summed E-state index contributed by atoms with van der Waals surface area (Å²) in [5.74, 6) is -1.43. The molecule has 11 heteroatoms. The summed E-state index contributed by atoms with van der Waals surface area (Å²) in [4.78, 5) is 44.1. The van der Waals surface area contributed by atoms with Crippen LogP contribution in [0.25, 0.3) is 0 Å². The highest BCUT2D eigenvalue weighted by Crippen LogP contribution is 2.33. The maximum Gasteiger partial charge on any atom is 0.416 e. The maximum absolute atomic E-state index is 13.2. The van der Waals surface area contributed by atoms with Gasteiger partial charge in [0, 0.05) is 31.5 Å². The zero-order valence-corrected chi connectivity index (χ0v) is 16.6. The Kier molecular flexibility index (Phi) is 4.83. The van der Waals surface area contributed by atoms with Gasteiger partial charge in [0.15, 0.2) is 0 Å². The van der Waals surface area contributed by atoms with Crippen LogP contribution in [0.5, 0.6) is 0 Å². The first-order valence-corrected chi connectivity index (χ1v) is 9.40. The number of carbonyl (C=O) groups excluding carboxylic acids is 3. The Hall–Kier alpha value is -3.63. The topological polar surface area (TPSA) is 87.0 Å². The average molecular weight is 433 g/mol. The van der Waals surface area contributed by atoms with Gasteiger partial charge in [0.2, 0.25) is 11.9 Å². The zero-order chi connectivity index (χ0) is 22.5. The lowest BCUT2D eigenvalue weighted by Gasteiger charge is -2.33. The normalized spacial score (nSPS) is 20.3. The number of hydrogen-bond acceptors (Lipinski definition) is 3. The molecule has 3 amide bonds. The summed E-state index contributed by atoms with van der Waals surface area (Å²) in [6.45, 7) is 2.13. The number of carbonyl (C=O) groups is 3. The van der Waals surface area contributed by atoms with Crippen LogP contribution >= 0.6 is 0 Å². The second kappa shape index (κ2) is 7.25. The van der Waals surface area contributed by atoms with Crippen LogP contribution in [0.3, 0.4) is 0 Å². The molecule has 1 saturated heterocycles. The van der Waals surface area contributed by atoms with Crippen LogP contribution in [-0.4, -0.2) is 53.3 Å². The van der Waals surface area contributed by atoms with E-state index >= 15 is 0 Å². The van der Waals surface area contributed by atoms with Crippen molar-refractivity contribution in [3.8, 4) is 0 Å². The molecular weight excluding hydrogens is 415 g/mol. The third-order valence-electron chi connectivity index (χ3n) is 5.22. The molecular formula is C20H18F3N5O3. The Morgan fingerprint density at radius 3 is 2.42 bits per heavy atom. The lowest BCUT2D eigenvalue weighted by molar-refractivity contribution is -0.137. The first-order valence-electron chi connectivity index (χ1n) is 9.40. The summed E-state index contributed by atoms with van der Waals surface area (Å²) in [5.41, 5.74) is -0.369. The van der Waals surface area contributed by atoms with E-state index in [9.17, 15) is 27.6 Å². The molecule has 3 heterocycles. The molecule has 0 aliphatic carbocycles. The molecule has 8 nitrogen and oxygen atoms in total. The average Bonchev–Trinajstić information content (AvgIpc) is 3.28. The highest BCUT2D eigenvalue weighted by molar-refractivity contribution is 6.16. The van der Waals surface area contributed by atoms with Gasteiger partial charge in [-0.1, -0.05) is 0 Å². The molecule has 1 N–H and O–H groups in total. The molecule has 162 valence electrons. The molecule has 1 aromatic heterocycles. The van der Waals surface area contributed by atoms with Gasteiger partial charge in [-0.2, -0.15) is 18.2 Å². The van der Waals surface area contributed by atoms with Crippen molar-refractivity contribution in [2.24, 2.45) is 4.99 Å². The minimum absolute atomic E-state index is 0.0514. The predicted molar refractivity (Wildman–Crippen MR) is 105 cm³/mol. The minimum atomic E-state index is -4.48. The predicted octanol–water partition coefficient (Wildman–Crippen LogP) is 2.29. The Balaban J connectivity index is 1.67. The largest absolute Gasteiger partial charge is 0.416 e. The van der Waals surface area contributed by atoms with Crippen molar-refractivity contribution in [1.82, 2.24) is 14.8 Å². The van der Waals surface area contributed by atoms with Crippen molar-refractivity contribution in [1.29, 1.82) is 0 Å². The number of benzene rings is 1. The first-order chi connectivity index (χ1) is 14.6. The van der Waals surface area contributed by atoms with Gasteiger partial charge in [0.05, 0.1) is 17.7 Å². The second-order valence-electron chi connectivity index (χ2n) is 7.44. The van der Waals surface area contributed by atoms with E-state index in [-0.39, 0.29) is 42.3 Å². The zero-order valence-electron chi connectivity index (χ0n) is 16.6. The van der Waals surface area contributed by atoms with Gasteiger partial charge in [0.1, 0.15) is 5.69 Å². The maximum atomic E-state index is 13.2. The number of nitrogens with zero attached hydrogens (tertiary/aromatic N) is 4. The van der Waals surface area contributed by atoms with Crippen LogP contribution in [0, 0.1) is 0 Å². The molecule has 1 atom stereocenters. The van der Waals surface area contributed by atoms with Crippen LogP contribution < -0.4 is 10.2 Å². The van der Waals surface area contributed by atoms with Gasteiger partial charge in [-0.05, 0) is 37.3 Å². The van der Waals surface area contributed by atoms with Gasteiger partial charge >= 0.3 is 6.18 Å². The van der Waals surface area contributed by atoms with Crippen LogP contribution in [0.1, 0.15) is 39.4 Å². The summed E-state index contributed by atoms with van der Waals surface area (Å²) in [6.07, 6.45) is -2.87. The van der Waals surface area contributed by atoms with E-state index in [1.165, 1.54) is 28.0 Å². The monoisotopic (exact) mass is 433 g/mol. The molecule has 1 fully saturated rings. The quantitative estimate of drug-likeness (QED) is 0.788. The van der Waals surface area contributed by atoms with E-state index in [1.807, 2.05) is 6.92 Å². The fraction of sp³-hybridized carbons (Fsp3) is 0.300. The van der Waals surface area contributed by atoms with Crippen molar-refractivity contribution < 1.29 is 27.6 Å². The van der Waals surface area contributed by atoms with E-state index in [0.29, 0.717) is 5.69 Å². The molecule has 2 aromatic rings. The minimum Gasteiger partial charge on any atom is -0.338 e. The van der Waals surface area contributed by atoms with Crippen LogP contribution in [0.4, 0.5) is 18.9 Å². The van der Waals surface area contributed by atoms with Crippen molar-refractivity contribution in [2.45, 2.75) is 19.1 Å². The number of nitrogens with one attached hydrogen (secondary N) is 1. The van der Waals surface area contributed by atoms with Gasteiger partial charge in [0.25, 0.3) is 11.8 Å². The van der Waals surface area contributed by atoms with Crippen LogP contribution in [-0.2, 0) is 11.0 Å². The fourth-order valence-corrected chi connectivity index (χ4v) is 3.65. The molecule has 0 unspecified atom stereocenters. The smallest absolute Gasteiger partial charge is 0.338 e. The van der Waals surface area contributed by atoms with E-state index in [1.54, 1.807) is 17.8 Å². The van der Waals surface area contributed by atoms with Crippen LogP contribution in [0.2, 0.25) is 0 Å². The summed E-state index contributed by atoms with van der Waals surface area (Å²) in [7, 11) is 1.60. The Morgan fingerprint density at radius 2 is 1.84 bits per heavy atom. The number of hydrogen-bond donors (Lipinski definition) is 1. The number of amides is 3. The number of guanidine groups is 1. The first kappa shape index (κ1) is 20.6. The number of aromatic nitrogens is 1. The number of rotatable bonds is 2.